The van der Waals surface area contributed by atoms with E-state index in [1.807, 2.05) is 31.6 Å². The summed E-state index contributed by atoms with van der Waals surface area (Å²) in [7, 11) is 1.48. The van der Waals surface area contributed by atoms with Crippen LogP contribution in [0.2, 0.25) is 5.02 Å². The van der Waals surface area contributed by atoms with Gasteiger partial charge in [0.05, 0.1) is 56.0 Å². The standard InChI is InChI=1S/C27H31ClN8O4S/c1-34-17-18(15-30-34)19-13-22(25(39-3)14-24(19)36-9-11-40-12-10-36)32-27-29-16-20(28)26(33-27)31-21-7-5-6-8-23(21)35(2)41(4,37)38/h5-8,13-17H,9-12H2,1-4H3,(H2,29,31,32,33). The smallest absolute Gasteiger partial charge is 0.232 e. The minimum atomic E-state index is -3.49. The lowest BCUT2D eigenvalue weighted by atomic mass is 10.0. The van der Waals surface area contributed by atoms with E-state index in [-0.39, 0.29) is 11.0 Å². The second-order valence-electron chi connectivity index (χ2n) is 9.46. The van der Waals surface area contributed by atoms with Crippen molar-refractivity contribution in [1.82, 2.24) is 19.7 Å². The highest BCUT2D eigenvalue weighted by Crippen LogP contribution is 2.41. The summed E-state index contributed by atoms with van der Waals surface area (Å²) < 4.78 is 38.6. The summed E-state index contributed by atoms with van der Waals surface area (Å²) in [5.74, 6) is 1.17. The van der Waals surface area contributed by atoms with Crippen molar-refractivity contribution in [2.24, 2.45) is 7.05 Å². The molecular formula is C27H31ClN8O4S. The van der Waals surface area contributed by atoms with Gasteiger partial charge in [-0.15, -0.1) is 0 Å². The van der Waals surface area contributed by atoms with Gasteiger partial charge in [0.15, 0.2) is 5.82 Å². The average molecular weight is 599 g/mol. The van der Waals surface area contributed by atoms with Crippen LogP contribution in [0.5, 0.6) is 5.75 Å². The minimum Gasteiger partial charge on any atom is -0.494 e. The molecule has 0 unspecified atom stereocenters. The molecule has 216 valence electrons. The van der Waals surface area contributed by atoms with Crippen LogP contribution in [-0.4, -0.2) is 74.9 Å². The molecule has 41 heavy (non-hydrogen) atoms. The van der Waals surface area contributed by atoms with Crippen LogP contribution in [-0.2, 0) is 21.8 Å². The Labute approximate surface area is 243 Å². The second kappa shape index (κ2) is 11.8. The fourth-order valence-corrected chi connectivity index (χ4v) is 5.14. The SMILES string of the molecule is COc1cc(N2CCOCC2)c(-c2cnn(C)c2)cc1Nc1ncc(Cl)c(Nc2ccccc2N(C)S(C)(=O)=O)n1. The largest absolute Gasteiger partial charge is 0.494 e. The van der Waals surface area contributed by atoms with Crippen molar-refractivity contribution in [1.29, 1.82) is 0 Å². The Morgan fingerprint density at radius 2 is 1.85 bits per heavy atom. The molecule has 2 N–H and O–H groups in total. The Kier molecular flexibility index (Phi) is 8.20. The van der Waals surface area contributed by atoms with Crippen LogP contribution in [0, 0.1) is 0 Å². The maximum absolute atomic E-state index is 12.2. The third-order valence-corrected chi connectivity index (χ3v) is 8.14. The van der Waals surface area contributed by atoms with E-state index >= 15 is 0 Å². The minimum absolute atomic E-state index is 0.262. The Balaban J connectivity index is 1.50. The summed E-state index contributed by atoms with van der Waals surface area (Å²) in [4.78, 5) is 11.2. The summed E-state index contributed by atoms with van der Waals surface area (Å²) in [6.07, 6.45) is 6.39. The molecule has 0 amide bonds. The molecule has 1 fully saturated rings. The first-order chi connectivity index (χ1) is 19.6. The zero-order valence-corrected chi connectivity index (χ0v) is 24.7. The number of benzene rings is 2. The molecule has 1 saturated heterocycles. The van der Waals surface area contributed by atoms with Crippen LogP contribution in [0.1, 0.15) is 0 Å². The number of para-hydroxylation sites is 2. The van der Waals surface area contributed by atoms with Crippen LogP contribution in [0.4, 0.5) is 34.5 Å². The van der Waals surface area contributed by atoms with E-state index < -0.39 is 10.0 Å². The lowest BCUT2D eigenvalue weighted by Gasteiger charge is -2.31. The number of hydrogen-bond acceptors (Lipinski definition) is 10. The van der Waals surface area contributed by atoms with Crippen LogP contribution < -0.4 is 24.6 Å². The second-order valence-corrected chi connectivity index (χ2v) is 11.9. The molecule has 0 atom stereocenters. The zero-order chi connectivity index (χ0) is 29.1. The zero-order valence-electron chi connectivity index (χ0n) is 23.1. The summed E-state index contributed by atoms with van der Waals surface area (Å²) in [5, 5.41) is 11.0. The maximum atomic E-state index is 12.2. The van der Waals surface area contributed by atoms with Gasteiger partial charge in [-0.3, -0.25) is 8.99 Å². The van der Waals surface area contributed by atoms with Crippen LogP contribution in [0.15, 0.2) is 55.0 Å². The van der Waals surface area contributed by atoms with E-state index in [2.05, 4.69) is 30.6 Å². The van der Waals surface area contributed by atoms with E-state index in [0.717, 1.165) is 36.2 Å². The normalized spacial score (nSPS) is 13.6. The fourth-order valence-electron chi connectivity index (χ4n) is 4.49. The molecule has 1 aliphatic heterocycles. The third kappa shape index (κ3) is 6.32. The van der Waals surface area contributed by atoms with Crippen LogP contribution in [0.25, 0.3) is 11.1 Å². The number of halogens is 1. The Morgan fingerprint density at radius 1 is 1.10 bits per heavy atom. The van der Waals surface area contributed by atoms with Crippen LogP contribution >= 0.6 is 11.6 Å². The highest BCUT2D eigenvalue weighted by molar-refractivity contribution is 7.92. The number of nitrogens with one attached hydrogen (secondary N) is 2. The number of aryl methyl sites for hydroxylation is 1. The van der Waals surface area contributed by atoms with Gasteiger partial charge in [0, 0.05) is 56.3 Å². The average Bonchev–Trinajstić information content (AvgIpc) is 3.40. The molecule has 0 radical (unpaired) electrons. The van der Waals surface area contributed by atoms with Crippen molar-refractivity contribution in [3.8, 4) is 16.9 Å². The third-order valence-electron chi connectivity index (χ3n) is 6.67. The van der Waals surface area contributed by atoms with Gasteiger partial charge in [0.2, 0.25) is 16.0 Å². The Hall–Kier alpha value is -4.07. The molecule has 4 aromatic rings. The number of rotatable bonds is 9. The molecule has 2 aromatic carbocycles. The molecule has 0 bridgehead atoms. The van der Waals surface area contributed by atoms with Gasteiger partial charge in [0.25, 0.3) is 0 Å². The predicted molar refractivity (Wildman–Crippen MR) is 162 cm³/mol. The van der Waals surface area contributed by atoms with E-state index in [4.69, 9.17) is 21.1 Å². The summed E-state index contributed by atoms with van der Waals surface area (Å²) in [6, 6.07) is 11.0. The molecule has 1 aliphatic rings. The maximum Gasteiger partial charge on any atom is 0.232 e. The lowest BCUT2D eigenvalue weighted by Crippen LogP contribution is -2.36. The summed E-state index contributed by atoms with van der Waals surface area (Å²) in [6.45, 7) is 2.81. The van der Waals surface area contributed by atoms with Gasteiger partial charge in [-0.1, -0.05) is 23.7 Å². The number of hydrogen-bond donors (Lipinski definition) is 2. The van der Waals surface area contributed by atoms with Crippen molar-refractivity contribution >= 4 is 56.1 Å². The molecule has 5 rings (SSSR count). The highest BCUT2D eigenvalue weighted by Gasteiger charge is 2.21. The first-order valence-electron chi connectivity index (χ1n) is 12.8. The quantitative estimate of drug-likeness (QED) is 0.288. The van der Waals surface area contributed by atoms with Crippen molar-refractivity contribution in [3.63, 3.8) is 0 Å². The summed E-state index contributed by atoms with van der Waals surface area (Å²) in [5.41, 5.74) is 4.53. The monoisotopic (exact) mass is 598 g/mol. The molecule has 14 heteroatoms. The van der Waals surface area contributed by atoms with Crippen LogP contribution in [0.3, 0.4) is 0 Å². The molecule has 0 saturated carbocycles. The highest BCUT2D eigenvalue weighted by atomic mass is 35.5. The van der Waals surface area contributed by atoms with Crippen molar-refractivity contribution in [2.75, 3.05) is 66.6 Å². The topological polar surface area (TPSA) is 127 Å². The van der Waals surface area contributed by atoms with Gasteiger partial charge in [-0.05, 0) is 18.2 Å². The number of aromatic nitrogens is 4. The van der Waals surface area contributed by atoms with E-state index in [1.54, 1.807) is 36.1 Å². The number of ether oxygens (including phenoxy) is 2. The molecular weight excluding hydrogens is 568 g/mol. The van der Waals surface area contributed by atoms with Gasteiger partial charge in [-0.2, -0.15) is 10.1 Å². The van der Waals surface area contributed by atoms with Crippen molar-refractivity contribution < 1.29 is 17.9 Å². The van der Waals surface area contributed by atoms with Gasteiger partial charge in [-0.25, -0.2) is 13.4 Å². The Bertz CT molecular complexity index is 1660. The van der Waals surface area contributed by atoms with Crippen molar-refractivity contribution in [2.45, 2.75) is 0 Å². The van der Waals surface area contributed by atoms with Gasteiger partial charge < -0.3 is 25.0 Å². The number of anilines is 6. The molecule has 0 spiro atoms. The molecule has 0 aliphatic carbocycles. The van der Waals surface area contributed by atoms with E-state index in [0.29, 0.717) is 41.8 Å². The fraction of sp³-hybridized carbons (Fsp3) is 0.296. The molecule has 3 heterocycles. The van der Waals surface area contributed by atoms with E-state index in [1.165, 1.54) is 17.5 Å². The molecule has 2 aromatic heterocycles. The van der Waals surface area contributed by atoms with E-state index in [9.17, 15) is 8.42 Å². The Morgan fingerprint density at radius 3 is 2.54 bits per heavy atom. The van der Waals surface area contributed by atoms with Gasteiger partial charge >= 0.3 is 0 Å². The number of nitrogens with zero attached hydrogens (tertiary/aromatic N) is 6. The lowest BCUT2D eigenvalue weighted by molar-refractivity contribution is 0.122. The number of sulfonamides is 1. The number of morpholine rings is 1. The predicted octanol–water partition coefficient (Wildman–Crippen LogP) is 4.26. The summed E-state index contributed by atoms with van der Waals surface area (Å²) >= 11 is 6.45. The van der Waals surface area contributed by atoms with Gasteiger partial charge in [0.1, 0.15) is 10.8 Å². The first kappa shape index (κ1) is 28.5. The van der Waals surface area contributed by atoms with Crippen molar-refractivity contribution in [3.05, 3.63) is 60.0 Å². The molecule has 12 nitrogen and oxygen atoms in total. The first-order valence-corrected chi connectivity index (χ1v) is 15.0. The number of methoxy groups -OCH3 is 1.